The Labute approximate surface area is 205 Å². The Morgan fingerprint density at radius 3 is 2.19 bits per heavy atom. The number of nitrogens with two attached hydrogens (primary N) is 1. The monoisotopic (exact) mass is 532 g/mol. The third-order valence-corrected chi connectivity index (χ3v) is 5.30. The first-order chi connectivity index (χ1) is 16.8. The summed E-state index contributed by atoms with van der Waals surface area (Å²) in [4.78, 5) is 92.7. The molecular weight excluding hydrogens is 503 g/mol. The molecule has 0 fully saturated rings. The molecule has 0 radical (unpaired) electrons. The van der Waals surface area contributed by atoms with Crippen molar-refractivity contribution >= 4 is 43.6 Å². The van der Waals surface area contributed by atoms with Crippen LogP contribution in [0.25, 0.3) is 0 Å². The van der Waals surface area contributed by atoms with Gasteiger partial charge in [0.05, 0.1) is 25.3 Å². The molecule has 0 aromatic carbocycles. The van der Waals surface area contributed by atoms with Gasteiger partial charge in [-0.25, -0.2) is 13.9 Å². The first-order valence-corrected chi connectivity index (χ1v) is 12.0. The highest BCUT2D eigenvalue weighted by molar-refractivity contribution is 7.50. The average Bonchev–Trinajstić information content (AvgIpc) is 3.29. The van der Waals surface area contributed by atoms with Crippen LogP contribution in [0.15, 0.2) is 12.5 Å². The van der Waals surface area contributed by atoms with E-state index in [-0.39, 0.29) is 18.7 Å². The van der Waals surface area contributed by atoms with Crippen molar-refractivity contribution < 1.29 is 43.1 Å². The van der Waals surface area contributed by atoms with Crippen LogP contribution < -0.4 is 32.3 Å². The summed E-state index contributed by atoms with van der Waals surface area (Å²) in [6.45, 7) is 1.51. The van der Waals surface area contributed by atoms with Crippen LogP contribution in [0.1, 0.15) is 19.5 Å². The Kier molecular flexibility index (Phi) is 11.8. The zero-order chi connectivity index (χ0) is 27.5. The van der Waals surface area contributed by atoms with Crippen molar-refractivity contribution in [3.63, 3.8) is 0 Å². The Morgan fingerprint density at radius 2 is 1.64 bits per heavy atom. The Balaban J connectivity index is 2.69. The maximum atomic E-state index is 12.7. The molecule has 36 heavy (non-hydrogen) atoms. The van der Waals surface area contributed by atoms with Crippen LogP contribution in [0.5, 0.6) is 0 Å². The molecular formula is C18H29N8O9P. The minimum Gasteiger partial charge on any atom is -0.348 e. The fraction of sp³-hybridized carbons (Fsp3) is 0.500. The summed E-state index contributed by atoms with van der Waals surface area (Å²) in [5, 5.41) is 11.5. The van der Waals surface area contributed by atoms with Gasteiger partial charge in [0.2, 0.25) is 29.5 Å². The van der Waals surface area contributed by atoms with Crippen molar-refractivity contribution in [2.24, 2.45) is 5.73 Å². The Morgan fingerprint density at radius 1 is 1.03 bits per heavy atom. The molecule has 1 heterocycles. The first kappa shape index (κ1) is 30.4. The van der Waals surface area contributed by atoms with Crippen molar-refractivity contribution in [2.75, 3.05) is 19.6 Å². The standard InChI is InChI=1S/C18H29N8O9P/c1-10(16(30)20-3-4-27)23-15(29)7-21-17(31)11(2)24-18(32)13(25-14(28)6-19)5-12-8-26(9-22-12)36(33,34)35/h4,8-11,13H,3,5-7,19H2,1-2H3,(H,20,30)(H,21,31)(H,23,29)(H,24,32)(H,25,28)(H2,33,34,35)/t10-,11-,13-/m0/s1. The number of amides is 5. The molecule has 3 atom stereocenters. The molecule has 0 aliphatic rings. The molecule has 17 nitrogen and oxygen atoms in total. The highest BCUT2D eigenvalue weighted by Crippen LogP contribution is 2.36. The summed E-state index contributed by atoms with van der Waals surface area (Å²) in [5.41, 5.74) is 5.33. The van der Waals surface area contributed by atoms with Gasteiger partial charge >= 0.3 is 7.75 Å². The van der Waals surface area contributed by atoms with E-state index in [2.05, 4.69) is 31.6 Å². The third kappa shape index (κ3) is 10.3. The van der Waals surface area contributed by atoms with E-state index in [4.69, 9.17) is 5.73 Å². The molecule has 1 aromatic rings. The summed E-state index contributed by atoms with van der Waals surface area (Å²) < 4.78 is 11.8. The van der Waals surface area contributed by atoms with Gasteiger partial charge in [-0.05, 0) is 13.8 Å². The quantitative estimate of drug-likeness (QED) is 0.0832. The molecule has 0 saturated heterocycles. The van der Waals surface area contributed by atoms with Crippen molar-refractivity contribution in [1.29, 1.82) is 0 Å². The lowest BCUT2D eigenvalue weighted by Crippen LogP contribution is -2.55. The normalized spacial score (nSPS) is 13.5. The first-order valence-electron chi connectivity index (χ1n) is 10.5. The summed E-state index contributed by atoms with van der Waals surface area (Å²) >= 11 is 0. The van der Waals surface area contributed by atoms with Crippen molar-refractivity contribution in [3.8, 4) is 0 Å². The van der Waals surface area contributed by atoms with E-state index in [0.717, 1.165) is 12.5 Å². The summed E-state index contributed by atoms with van der Waals surface area (Å²) in [6.07, 6.45) is 2.07. The average molecular weight is 532 g/mol. The van der Waals surface area contributed by atoms with E-state index in [0.29, 0.717) is 10.6 Å². The highest BCUT2D eigenvalue weighted by Gasteiger charge is 2.26. The van der Waals surface area contributed by atoms with Crippen molar-refractivity contribution in [3.05, 3.63) is 18.2 Å². The van der Waals surface area contributed by atoms with Gasteiger partial charge < -0.3 is 46.9 Å². The lowest BCUT2D eigenvalue weighted by molar-refractivity contribution is -0.132. The summed E-state index contributed by atoms with van der Waals surface area (Å²) in [7, 11) is -4.64. The molecule has 0 aliphatic heterocycles. The van der Waals surface area contributed by atoms with Gasteiger partial charge in [0, 0.05) is 12.6 Å². The fourth-order valence-corrected chi connectivity index (χ4v) is 3.10. The predicted molar refractivity (Wildman–Crippen MR) is 122 cm³/mol. The number of carbonyl (C=O) groups excluding carboxylic acids is 6. The summed E-state index contributed by atoms with van der Waals surface area (Å²) in [5.74, 6) is -3.59. The zero-order valence-corrected chi connectivity index (χ0v) is 20.4. The predicted octanol–water partition coefficient (Wildman–Crippen LogP) is -4.75. The van der Waals surface area contributed by atoms with E-state index < -0.39 is 68.5 Å². The smallest absolute Gasteiger partial charge is 0.348 e. The van der Waals surface area contributed by atoms with E-state index >= 15 is 0 Å². The third-order valence-electron chi connectivity index (χ3n) is 4.48. The Bertz CT molecular complexity index is 1020. The van der Waals surface area contributed by atoms with E-state index in [1.807, 2.05) is 0 Å². The number of rotatable bonds is 14. The zero-order valence-electron chi connectivity index (χ0n) is 19.5. The van der Waals surface area contributed by atoms with Gasteiger partial charge in [0.1, 0.15) is 30.7 Å². The summed E-state index contributed by atoms with van der Waals surface area (Å²) in [6, 6.07) is -3.42. The number of carbonyl (C=O) groups is 6. The minimum absolute atomic E-state index is 0.0656. The molecule has 1 aromatic heterocycles. The molecule has 1 rings (SSSR count). The Hall–Kier alpha value is -3.66. The molecule has 0 aliphatic carbocycles. The van der Waals surface area contributed by atoms with E-state index in [9.17, 15) is 43.1 Å². The fourth-order valence-electron chi connectivity index (χ4n) is 2.63. The lowest BCUT2D eigenvalue weighted by atomic mass is 10.1. The maximum Gasteiger partial charge on any atom is 0.434 e. The molecule has 200 valence electrons. The van der Waals surface area contributed by atoms with Gasteiger partial charge in [-0.3, -0.25) is 24.0 Å². The molecule has 9 N–H and O–H groups in total. The second kappa shape index (κ2) is 14.0. The van der Waals surface area contributed by atoms with Gasteiger partial charge in [-0.2, -0.15) is 0 Å². The van der Waals surface area contributed by atoms with Gasteiger partial charge in [-0.15, -0.1) is 0 Å². The largest absolute Gasteiger partial charge is 0.434 e. The number of imidazole rings is 1. The van der Waals surface area contributed by atoms with Crippen LogP contribution in [-0.2, 0) is 39.8 Å². The number of hydrogen-bond donors (Lipinski definition) is 8. The van der Waals surface area contributed by atoms with Crippen LogP contribution in [0.4, 0.5) is 0 Å². The van der Waals surface area contributed by atoms with Crippen LogP contribution in [-0.4, -0.2) is 92.7 Å². The number of aldehydes is 1. The molecule has 0 spiro atoms. The topological polar surface area (TPSA) is 264 Å². The minimum atomic E-state index is -4.64. The van der Waals surface area contributed by atoms with Crippen LogP contribution in [0, 0.1) is 0 Å². The lowest BCUT2D eigenvalue weighted by Gasteiger charge is -2.20. The molecule has 0 saturated carbocycles. The van der Waals surface area contributed by atoms with Crippen molar-refractivity contribution in [2.45, 2.75) is 38.4 Å². The number of nitrogens with zero attached hydrogens (tertiary/aromatic N) is 2. The highest BCUT2D eigenvalue weighted by atomic mass is 31.2. The van der Waals surface area contributed by atoms with Crippen molar-refractivity contribution in [1.82, 2.24) is 35.9 Å². The second-order valence-electron chi connectivity index (χ2n) is 7.44. The van der Waals surface area contributed by atoms with E-state index in [1.165, 1.54) is 13.8 Å². The van der Waals surface area contributed by atoms with Gasteiger partial charge in [0.15, 0.2) is 0 Å². The SMILES string of the molecule is C[C@H](NC(=O)CNC(=O)[C@H](C)NC(=O)[C@H](Cc1cn(P(=O)(O)O)cn1)NC(=O)CN)C(=O)NCC=O. The molecule has 18 heteroatoms. The van der Waals surface area contributed by atoms with Crippen LogP contribution in [0.2, 0.25) is 0 Å². The molecule has 5 amide bonds. The van der Waals surface area contributed by atoms with E-state index in [1.54, 1.807) is 0 Å². The number of aromatic nitrogens is 2. The number of nitrogens with one attached hydrogen (secondary N) is 5. The van der Waals surface area contributed by atoms with Gasteiger partial charge in [0.25, 0.3) is 0 Å². The number of hydrogen-bond acceptors (Lipinski definition) is 9. The maximum absolute atomic E-state index is 12.7. The second-order valence-corrected chi connectivity index (χ2v) is 8.92. The van der Waals surface area contributed by atoms with Crippen LogP contribution >= 0.6 is 7.75 Å². The van der Waals surface area contributed by atoms with Crippen LogP contribution in [0.3, 0.4) is 0 Å². The molecule has 0 bridgehead atoms. The molecule has 0 unspecified atom stereocenters. The van der Waals surface area contributed by atoms with Gasteiger partial charge in [-0.1, -0.05) is 0 Å².